The van der Waals surface area contributed by atoms with E-state index in [0.29, 0.717) is 19.6 Å². The molecule has 0 bridgehead atoms. The van der Waals surface area contributed by atoms with Crippen LogP contribution in [0.3, 0.4) is 0 Å². The van der Waals surface area contributed by atoms with Crippen molar-refractivity contribution in [3.8, 4) is 0 Å². The molecule has 1 fully saturated rings. The Hall–Kier alpha value is -1.27. The number of halogens is 2. The van der Waals surface area contributed by atoms with E-state index < -0.39 is 10.0 Å². The summed E-state index contributed by atoms with van der Waals surface area (Å²) < 4.78 is 27.4. The number of hydrogen-bond acceptors (Lipinski definition) is 3. The second-order valence-corrected chi connectivity index (χ2v) is 8.98. The van der Waals surface area contributed by atoms with Gasteiger partial charge in [-0.3, -0.25) is 0 Å². The lowest BCUT2D eigenvalue weighted by atomic mass is 10.1. The Kier molecular flexibility index (Phi) is 5.30. The smallest absolute Gasteiger partial charge is 0.244 e. The first kappa shape index (κ1) is 18.5. The molecule has 2 aromatic rings. The second kappa shape index (κ2) is 7.16. The van der Waals surface area contributed by atoms with Gasteiger partial charge in [-0.15, -0.1) is 0 Å². The lowest BCUT2D eigenvalue weighted by Crippen LogP contribution is -2.53. The number of benzene rings is 2. The van der Waals surface area contributed by atoms with E-state index >= 15 is 0 Å². The van der Waals surface area contributed by atoms with Crippen molar-refractivity contribution in [3.05, 3.63) is 58.1 Å². The Bertz CT molecular complexity index is 869. The highest BCUT2D eigenvalue weighted by Crippen LogP contribution is 2.32. The van der Waals surface area contributed by atoms with E-state index in [1.807, 2.05) is 13.8 Å². The molecule has 4 nitrogen and oxygen atoms in total. The van der Waals surface area contributed by atoms with Crippen molar-refractivity contribution < 1.29 is 8.42 Å². The van der Waals surface area contributed by atoms with E-state index in [0.717, 1.165) is 5.69 Å². The summed E-state index contributed by atoms with van der Waals surface area (Å²) in [6.07, 6.45) is 0. The minimum atomic E-state index is -3.67. The van der Waals surface area contributed by atoms with E-state index in [4.69, 9.17) is 23.2 Å². The van der Waals surface area contributed by atoms with Gasteiger partial charge >= 0.3 is 0 Å². The molecule has 1 aliphatic rings. The molecule has 1 saturated heterocycles. The zero-order chi connectivity index (χ0) is 18.2. The van der Waals surface area contributed by atoms with Crippen LogP contribution in [0.5, 0.6) is 0 Å². The van der Waals surface area contributed by atoms with Crippen LogP contribution in [-0.4, -0.2) is 38.4 Å². The molecule has 1 unspecified atom stereocenters. The predicted molar refractivity (Wildman–Crippen MR) is 103 cm³/mol. The maximum atomic E-state index is 13.0. The van der Waals surface area contributed by atoms with Crippen molar-refractivity contribution in [1.82, 2.24) is 4.31 Å². The van der Waals surface area contributed by atoms with Gasteiger partial charge in [0.1, 0.15) is 4.90 Å². The average molecular weight is 399 g/mol. The van der Waals surface area contributed by atoms with E-state index in [9.17, 15) is 8.42 Å². The summed E-state index contributed by atoms with van der Waals surface area (Å²) in [5, 5.41) is 0.326. The van der Waals surface area contributed by atoms with Crippen LogP contribution < -0.4 is 4.90 Å². The van der Waals surface area contributed by atoms with Crippen molar-refractivity contribution >= 4 is 38.9 Å². The average Bonchev–Trinajstić information content (AvgIpc) is 2.58. The first-order valence-electron chi connectivity index (χ1n) is 8.08. The van der Waals surface area contributed by atoms with Crippen LogP contribution >= 0.6 is 23.2 Å². The number of rotatable bonds is 3. The monoisotopic (exact) mass is 398 g/mol. The molecule has 2 aromatic carbocycles. The maximum Gasteiger partial charge on any atom is 0.244 e. The minimum absolute atomic E-state index is 0.0594. The van der Waals surface area contributed by atoms with Gasteiger partial charge in [0.25, 0.3) is 0 Å². The largest absolute Gasteiger partial charge is 0.366 e. The number of nitrogens with zero attached hydrogens (tertiary/aromatic N) is 2. The summed E-state index contributed by atoms with van der Waals surface area (Å²) in [4.78, 5) is 2.29. The van der Waals surface area contributed by atoms with Gasteiger partial charge in [-0.2, -0.15) is 4.31 Å². The topological polar surface area (TPSA) is 40.6 Å². The molecule has 0 aliphatic carbocycles. The summed E-state index contributed by atoms with van der Waals surface area (Å²) in [6.45, 7) is 5.51. The standard InChI is InChI=1S/C18H20Cl2N2O2S/c1-13-6-8-15(9-7-13)22-11-10-21(12-14(22)2)25(23,24)17-5-3-4-16(19)18(17)20/h3-9,14H,10-12H2,1-2H3. The zero-order valence-corrected chi connectivity index (χ0v) is 16.4. The van der Waals surface area contributed by atoms with Gasteiger partial charge in [0.05, 0.1) is 10.0 Å². The molecule has 0 amide bonds. The van der Waals surface area contributed by atoms with E-state index in [-0.39, 0.29) is 21.0 Å². The van der Waals surface area contributed by atoms with Crippen LogP contribution in [0.4, 0.5) is 5.69 Å². The fourth-order valence-electron chi connectivity index (χ4n) is 3.08. The van der Waals surface area contributed by atoms with Crippen molar-refractivity contribution in [2.75, 3.05) is 24.5 Å². The number of piperazine rings is 1. The molecular formula is C18H20Cl2N2O2S. The summed E-state index contributed by atoms with van der Waals surface area (Å²) in [6, 6.07) is 13.0. The van der Waals surface area contributed by atoms with Gasteiger partial charge in [0.2, 0.25) is 10.0 Å². The van der Waals surface area contributed by atoms with Crippen LogP contribution in [0.15, 0.2) is 47.4 Å². The van der Waals surface area contributed by atoms with Crippen LogP contribution in [0.2, 0.25) is 10.0 Å². The van der Waals surface area contributed by atoms with E-state index in [1.54, 1.807) is 12.1 Å². The molecule has 0 radical (unpaired) electrons. The number of aryl methyl sites for hydroxylation is 1. The van der Waals surface area contributed by atoms with Crippen LogP contribution in [0, 0.1) is 6.92 Å². The van der Waals surface area contributed by atoms with Crippen molar-refractivity contribution in [2.45, 2.75) is 24.8 Å². The molecule has 0 aromatic heterocycles. The molecule has 1 aliphatic heterocycles. The SMILES string of the molecule is Cc1ccc(N2CCN(S(=O)(=O)c3cccc(Cl)c3Cl)CC2C)cc1. The Morgan fingerprint density at radius 3 is 2.36 bits per heavy atom. The number of anilines is 1. The van der Waals surface area contributed by atoms with Crippen LogP contribution in [0.25, 0.3) is 0 Å². The Morgan fingerprint density at radius 2 is 1.72 bits per heavy atom. The molecule has 0 saturated carbocycles. The third kappa shape index (κ3) is 3.65. The quantitative estimate of drug-likeness (QED) is 0.777. The molecule has 0 N–H and O–H groups in total. The summed E-state index contributed by atoms with van der Waals surface area (Å²) >= 11 is 12.1. The molecule has 134 valence electrons. The molecule has 25 heavy (non-hydrogen) atoms. The molecule has 1 heterocycles. The maximum absolute atomic E-state index is 13.0. The van der Waals surface area contributed by atoms with Crippen molar-refractivity contribution in [3.63, 3.8) is 0 Å². The van der Waals surface area contributed by atoms with Gasteiger partial charge in [-0.25, -0.2) is 8.42 Å². The van der Waals surface area contributed by atoms with E-state index in [1.165, 1.54) is 15.9 Å². The highest BCUT2D eigenvalue weighted by Gasteiger charge is 2.33. The lowest BCUT2D eigenvalue weighted by Gasteiger charge is -2.40. The zero-order valence-electron chi connectivity index (χ0n) is 14.1. The second-order valence-electron chi connectivity index (χ2n) is 6.29. The predicted octanol–water partition coefficient (Wildman–Crippen LogP) is 4.20. The lowest BCUT2D eigenvalue weighted by molar-refractivity contribution is 0.342. The summed E-state index contributed by atoms with van der Waals surface area (Å²) in [7, 11) is -3.67. The fraction of sp³-hybridized carbons (Fsp3) is 0.333. The van der Waals surface area contributed by atoms with Gasteiger partial charge in [-0.05, 0) is 38.1 Å². The highest BCUT2D eigenvalue weighted by atomic mass is 35.5. The van der Waals surface area contributed by atoms with Gasteiger partial charge in [0.15, 0.2) is 0 Å². The Balaban J connectivity index is 1.82. The van der Waals surface area contributed by atoms with Gasteiger partial charge in [0, 0.05) is 31.4 Å². The van der Waals surface area contributed by atoms with Gasteiger partial charge in [-0.1, -0.05) is 47.0 Å². The van der Waals surface area contributed by atoms with E-state index in [2.05, 4.69) is 29.2 Å². The third-order valence-electron chi connectivity index (χ3n) is 4.49. The number of sulfonamides is 1. The molecule has 7 heteroatoms. The Labute approximate surface area is 159 Å². The van der Waals surface area contributed by atoms with Crippen LogP contribution in [0.1, 0.15) is 12.5 Å². The molecule has 0 spiro atoms. The Morgan fingerprint density at radius 1 is 1.04 bits per heavy atom. The summed E-state index contributed by atoms with van der Waals surface area (Å²) in [5.74, 6) is 0. The highest BCUT2D eigenvalue weighted by molar-refractivity contribution is 7.89. The fourth-order valence-corrected chi connectivity index (χ4v) is 5.33. The first-order chi connectivity index (χ1) is 11.8. The van der Waals surface area contributed by atoms with Crippen molar-refractivity contribution in [2.24, 2.45) is 0 Å². The molecule has 3 rings (SSSR count). The minimum Gasteiger partial charge on any atom is -0.366 e. The third-order valence-corrected chi connectivity index (χ3v) is 7.33. The molecular weight excluding hydrogens is 379 g/mol. The van der Waals surface area contributed by atoms with Gasteiger partial charge < -0.3 is 4.90 Å². The number of hydrogen-bond donors (Lipinski definition) is 0. The summed E-state index contributed by atoms with van der Waals surface area (Å²) in [5.41, 5.74) is 2.31. The molecule has 1 atom stereocenters. The normalized spacial score (nSPS) is 19.2. The van der Waals surface area contributed by atoms with Crippen LogP contribution in [-0.2, 0) is 10.0 Å². The first-order valence-corrected chi connectivity index (χ1v) is 10.3. The van der Waals surface area contributed by atoms with Crippen molar-refractivity contribution in [1.29, 1.82) is 0 Å².